The number of nitrogens with zero attached hydrogens (tertiary/aromatic N) is 7. The zero-order valence-electron chi connectivity index (χ0n) is 21.1. The molecular weight excluding hydrogens is 516 g/mol. The third-order valence-electron chi connectivity index (χ3n) is 7.87. The van der Waals surface area contributed by atoms with Gasteiger partial charge in [-0.15, -0.1) is 0 Å². The Balaban J connectivity index is 1.07. The van der Waals surface area contributed by atoms with Gasteiger partial charge in [0.2, 0.25) is 0 Å². The fourth-order valence-corrected chi connectivity index (χ4v) is 6.33. The SMILES string of the molecule is CS(=O)(=O)n1cc2c(n1)CN([C@H]1CN[C@H](c3cc(F)c(CCN4CCn5ncnc5C4)cc3F)[C@@H](N)C1)C2. The van der Waals surface area contributed by atoms with Crippen LogP contribution in [-0.4, -0.2) is 80.1 Å². The summed E-state index contributed by atoms with van der Waals surface area (Å²) in [7, 11) is -3.42. The molecule has 14 heteroatoms. The van der Waals surface area contributed by atoms with Crippen molar-refractivity contribution in [3.8, 4) is 0 Å². The average molecular weight is 548 g/mol. The molecule has 1 saturated heterocycles. The van der Waals surface area contributed by atoms with Crippen molar-refractivity contribution in [2.24, 2.45) is 5.73 Å². The fraction of sp³-hybridized carbons (Fsp3) is 0.542. The quantitative estimate of drug-likeness (QED) is 0.450. The average Bonchev–Trinajstić information content (AvgIpc) is 3.59. The molecule has 204 valence electrons. The Morgan fingerprint density at radius 3 is 2.76 bits per heavy atom. The number of fused-ring (bicyclic) bond motifs is 2. The van der Waals surface area contributed by atoms with Crippen LogP contribution in [0.25, 0.3) is 0 Å². The zero-order chi connectivity index (χ0) is 26.6. The van der Waals surface area contributed by atoms with Gasteiger partial charge in [0.15, 0.2) is 0 Å². The van der Waals surface area contributed by atoms with Gasteiger partial charge in [0.25, 0.3) is 10.0 Å². The molecular formula is C24H31F2N9O2S. The van der Waals surface area contributed by atoms with E-state index in [4.69, 9.17) is 5.73 Å². The van der Waals surface area contributed by atoms with Crippen LogP contribution in [0.4, 0.5) is 8.78 Å². The number of halogens is 2. The smallest absolute Gasteiger partial charge is 0.250 e. The molecule has 0 saturated carbocycles. The third-order valence-corrected chi connectivity index (χ3v) is 8.74. The molecule has 5 heterocycles. The standard InChI is InChI=1S/C24H31F2N9O2S/c1-38(36,37)35-11-16-10-33(12-22(16)31-35)17-7-21(27)24(28-9-17)18-8-19(25)15(6-20(18)26)2-3-32-4-5-34-23(13-32)29-14-30-34/h6,8,11,14,17,21,24,28H,2-5,7,9-10,12-13,27H2,1H3/t17-,21+,24-/m1/s1. The van der Waals surface area contributed by atoms with Crippen molar-refractivity contribution in [1.82, 2.24) is 39.1 Å². The molecule has 1 aromatic carbocycles. The summed E-state index contributed by atoms with van der Waals surface area (Å²) in [6.07, 6.45) is 5.20. The highest BCUT2D eigenvalue weighted by Crippen LogP contribution is 2.32. The summed E-state index contributed by atoms with van der Waals surface area (Å²) in [4.78, 5) is 8.60. The van der Waals surface area contributed by atoms with Crippen molar-refractivity contribution >= 4 is 10.0 Å². The Morgan fingerprint density at radius 2 is 2.00 bits per heavy atom. The van der Waals surface area contributed by atoms with E-state index in [-0.39, 0.29) is 11.6 Å². The minimum atomic E-state index is -3.42. The van der Waals surface area contributed by atoms with E-state index >= 15 is 8.78 Å². The molecule has 0 aliphatic carbocycles. The summed E-state index contributed by atoms with van der Waals surface area (Å²) in [6, 6.07) is 1.75. The molecule has 0 spiro atoms. The Morgan fingerprint density at radius 1 is 1.16 bits per heavy atom. The maximum atomic E-state index is 15.2. The van der Waals surface area contributed by atoms with Crippen molar-refractivity contribution in [1.29, 1.82) is 0 Å². The highest BCUT2D eigenvalue weighted by Gasteiger charge is 2.36. The molecule has 6 rings (SSSR count). The van der Waals surface area contributed by atoms with Gasteiger partial charge >= 0.3 is 0 Å². The van der Waals surface area contributed by atoms with Crippen molar-refractivity contribution in [2.45, 2.75) is 57.1 Å². The number of hydrogen-bond donors (Lipinski definition) is 2. The monoisotopic (exact) mass is 547 g/mol. The van der Waals surface area contributed by atoms with Gasteiger partial charge in [0, 0.05) is 62.1 Å². The van der Waals surface area contributed by atoms with Crippen LogP contribution in [0.2, 0.25) is 0 Å². The number of rotatable bonds is 6. The van der Waals surface area contributed by atoms with Crippen LogP contribution in [0, 0.1) is 11.6 Å². The normalized spacial score (nSPS) is 24.5. The van der Waals surface area contributed by atoms with Gasteiger partial charge in [-0.25, -0.2) is 26.9 Å². The van der Waals surface area contributed by atoms with Crippen LogP contribution in [-0.2, 0) is 42.6 Å². The number of piperidine rings is 1. The number of nitrogens with two attached hydrogens (primary N) is 1. The summed E-state index contributed by atoms with van der Waals surface area (Å²) in [5.41, 5.74) is 8.69. The molecule has 11 nitrogen and oxygen atoms in total. The predicted octanol–water partition coefficient (Wildman–Crippen LogP) is 0.365. The van der Waals surface area contributed by atoms with Crippen molar-refractivity contribution < 1.29 is 17.2 Å². The molecule has 3 aliphatic rings. The Bertz CT molecular complexity index is 1430. The van der Waals surface area contributed by atoms with Crippen molar-refractivity contribution in [3.05, 3.63) is 64.5 Å². The zero-order valence-corrected chi connectivity index (χ0v) is 21.9. The van der Waals surface area contributed by atoms with Gasteiger partial charge < -0.3 is 11.1 Å². The molecule has 0 unspecified atom stereocenters. The molecule has 2 aromatic heterocycles. The van der Waals surface area contributed by atoms with Gasteiger partial charge in [-0.3, -0.25) is 9.80 Å². The lowest BCUT2D eigenvalue weighted by atomic mass is 9.89. The Kier molecular flexibility index (Phi) is 6.54. The maximum Gasteiger partial charge on any atom is 0.250 e. The second-order valence-electron chi connectivity index (χ2n) is 10.5. The number of aromatic nitrogens is 5. The lowest BCUT2D eigenvalue weighted by molar-refractivity contribution is 0.137. The topological polar surface area (TPSA) is 127 Å². The van der Waals surface area contributed by atoms with E-state index in [1.54, 1.807) is 6.20 Å². The lowest BCUT2D eigenvalue weighted by Crippen LogP contribution is -2.54. The maximum absolute atomic E-state index is 15.2. The highest BCUT2D eigenvalue weighted by atomic mass is 32.2. The van der Waals surface area contributed by atoms with Crippen LogP contribution in [0.1, 0.15) is 40.7 Å². The molecule has 1 fully saturated rings. The highest BCUT2D eigenvalue weighted by molar-refractivity contribution is 7.89. The van der Waals surface area contributed by atoms with E-state index in [9.17, 15) is 8.42 Å². The van der Waals surface area contributed by atoms with Gasteiger partial charge in [0.1, 0.15) is 23.8 Å². The van der Waals surface area contributed by atoms with E-state index < -0.39 is 33.7 Å². The summed E-state index contributed by atoms with van der Waals surface area (Å²) in [5, 5.41) is 11.7. The molecule has 3 N–H and O–H groups in total. The van der Waals surface area contributed by atoms with E-state index in [1.165, 1.54) is 18.5 Å². The van der Waals surface area contributed by atoms with Crippen LogP contribution >= 0.6 is 0 Å². The molecule has 3 aliphatic heterocycles. The van der Waals surface area contributed by atoms with Crippen LogP contribution in [0.3, 0.4) is 0 Å². The number of benzene rings is 1. The molecule has 0 radical (unpaired) electrons. The largest absolute Gasteiger partial charge is 0.326 e. The molecule has 3 aromatic rings. The van der Waals surface area contributed by atoms with Crippen molar-refractivity contribution in [3.63, 3.8) is 0 Å². The minimum Gasteiger partial charge on any atom is -0.326 e. The van der Waals surface area contributed by atoms with Gasteiger partial charge in [-0.05, 0) is 30.5 Å². The second kappa shape index (κ2) is 9.75. The van der Waals surface area contributed by atoms with Crippen LogP contribution in [0.5, 0.6) is 0 Å². The summed E-state index contributed by atoms with van der Waals surface area (Å²) in [6.45, 7) is 4.41. The number of nitrogens with one attached hydrogen (secondary N) is 1. The van der Waals surface area contributed by atoms with E-state index in [1.807, 2.05) is 4.68 Å². The second-order valence-corrected chi connectivity index (χ2v) is 12.3. The van der Waals surface area contributed by atoms with Crippen LogP contribution in [0.15, 0.2) is 24.7 Å². The van der Waals surface area contributed by atoms with E-state index in [0.717, 1.165) is 40.5 Å². The lowest BCUT2D eigenvalue weighted by Gasteiger charge is -2.39. The first-order chi connectivity index (χ1) is 18.2. The molecule has 3 atom stereocenters. The van der Waals surface area contributed by atoms with Gasteiger partial charge in [-0.2, -0.15) is 14.3 Å². The first-order valence-corrected chi connectivity index (χ1v) is 14.6. The van der Waals surface area contributed by atoms with Crippen molar-refractivity contribution in [2.75, 3.05) is 25.9 Å². The first kappa shape index (κ1) is 25.5. The summed E-state index contributed by atoms with van der Waals surface area (Å²) >= 11 is 0. The Hall–Kier alpha value is -2.78. The van der Waals surface area contributed by atoms with E-state index in [0.29, 0.717) is 51.1 Å². The molecule has 0 bridgehead atoms. The van der Waals surface area contributed by atoms with Crippen LogP contribution < -0.4 is 11.1 Å². The summed E-state index contributed by atoms with van der Waals surface area (Å²) in [5.74, 6) is -0.000593. The Labute approximate surface area is 219 Å². The molecule has 38 heavy (non-hydrogen) atoms. The molecule has 0 amide bonds. The predicted molar refractivity (Wildman–Crippen MR) is 134 cm³/mol. The van der Waals surface area contributed by atoms with Gasteiger partial charge in [0.05, 0.1) is 31.1 Å². The minimum absolute atomic E-state index is 0.0738. The fourth-order valence-electron chi connectivity index (χ4n) is 5.76. The number of hydrogen-bond acceptors (Lipinski definition) is 9. The van der Waals surface area contributed by atoms with E-state index in [2.05, 4.69) is 30.3 Å². The van der Waals surface area contributed by atoms with Gasteiger partial charge in [-0.1, -0.05) is 0 Å². The summed E-state index contributed by atoms with van der Waals surface area (Å²) < 4.78 is 56.6. The third kappa shape index (κ3) is 4.86. The first-order valence-electron chi connectivity index (χ1n) is 12.7.